The summed E-state index contributed by atoms with van der Waals surface area (Å²) in [5, 5.41) is 28.9. The van der Waals surface area contributed by atoms with Crippen LogP contribution in [-0.4, -0.2) is 46.6 Å². The van der Waals surface area contributed by atoms with E-state index in [2.05, 4.69) is 5.32 Å². The van der Waals surface area contributed by atoms with Crippen LogP contribution in [0.25, 0.3) is 0 Å². The lowest BCUT2D eigenvalue weighted by atomic mass is 10.0. The topological polar surface area (TPSA) is 89.8 Å². The predicted octanol–water partition coefficient (Wildman–Crippen LogP) is -1.57. The summed E-state index contributed by atoms with van der Waals surface area (Å²) in [5.41, 5.74) is -1.33. The largest absolute Gasteiger partial charge is 0.404 e. The van der Waals surface area contributed by atoms with Crippen LogP contribution >= 0.6 is 0 Å². The molecular weight excluding hydrogens is 174 g/mol. The molecular formula is C8H16NO4+. The molecule has 76 valence electrons. The Morgan fingerprint density at radius 3 is 1.85 bits per heavy atom. The summed E-state index contributed by atoms with van der Waals surface area (Å²) in [4.78, 5) is 11.2. The van der Waals surface area contributed by atoms with E-state index < -0.39 is 31.3 Å². The van der Waals surface area contributed by atoms with Crippen LogP contribution in [0.3, 0.4) is 0 Å². The molecule has 0 radical (unpaired) electrons. The van der Waals surface area contributed by atoms with E-state index in [-0.39, 0.29) is 0 Å². The highest BCUT2D eigenvalue weighted by Crippen LogP contribution is 2.04. The van der Waals surface area contributed by atoms with Gasteiger partial charge in [0.05, 0.1) is 33.7 Å². The van der Waals surface area contributed by atoms with E-state index in [1.54, 1.807) is 13.8 Å². The van der Waals surface area contributed by atoms with Gasteiger partial charge in [0.25, 0.3) is 0 Å². The van der Waals surface area contributed by atoms with Gasteiger partial charge in [-0.15, -0.1) is 0 Å². The molecule has 0 saturated heterocycles. The highest BCUT2D eigenvalue weighted by Gasteiger charge is 2.34. The zero-order chi connectivity index (χ0) is 10.5. The first kappa shape index (κ1) is 12.2. The average Bonchev–Trinajstić information content (AvgIpc) is 2.14. The molecule has 5 heteroatoms. The van der Waals surface area contributed by atoms with Crippen molar-refractivity contribution in [1.82, 2.24) is 5.32 Å². The van der Waals surface area contributed by atoms with Crippen molar-refractivity contribution < 1.29 is 20.1 Å². The van der Waals surface area contributed by atoms with Gasteiger partial charge in [-0.25, -0.2) is 4.79 Å². The molecule has 0 unspecified atom stereocenters. The number of hydrogen-bond acceptors (Lipinski definition) is 4. The molecule has 13 heavy (non-hydrogen) atoms. The third-order valence-corrected chi connectivity index (χ3v) is 1.74. The SMILES string of the molecule is C[C+](C)C(=O)NC(CO)(CO)CO. The number of carbonyl (C=O) groups excluding carboxylic acids is 1. The monoisotopic (exact) mass is 190 g/mol. The van der Waals surface area contributed by atoms with Gasteiger partial charge in [0.15, 0.2) is 5.92 Å². The first-order valence-corrected chi connectivity index (χ1v) is 3.96. The van der Waals surface area contributed by atoms with Gasteiger partial charge in [-0.2, -0.15) is 0 Å². The average molecular weight is 190 g/mol. The normalized spacial score (nSPS) is 11.2. The summed E-state index contributed by atoms with van der Waals surface area (Å²) < 4.78 is 0. The fourth-order valence-corrected chi connectivity index (χ4v) is 0.634. The Balaban J connectivity index is 4.33. The summed E-state index contributed by atoms with van der Waals surface area (Å²) in [7, 11) is 0. The highest BCUT2D eigenvalue weighted by molar-refractivity contribution is 5.89. The molecule has 0 aliphatic carbocycles. The highest BCUT2D eigenvalue weighted by atomic mass is 16.3. The van der Waals surface area contributed by atoms with Gasteiger partial charge in [-0.3, -0.25) is 0 Å². The molecule has 0 saturated carbocycles. The molecule has 0 atom stereocenters. The molecule has 4 N–H and O–H groups in total. The van der Waals surface area contributed by atoms with Crippen LogP contribution in [0.4, 0.5) is 0 Å². The molecule has 0 aromatic carbocycles. The first-order valence-electron chi connectivity index (χ1n) is 3.96. The molecule has 0 rings (SSSR count). The number of hydrogen-bond donors (Lipinski definition) is 4. The number of amides is 1. The lowest BCUT2D eigenvalue weighted by molar-refractivity contribution is -0.123. The van der Waals surface area contributed by atoms with E-state index in [1.165, 1.54) is 0 Å². The van der Waals surface area contributed by atoms with Gasteiger partial charge < -0.3 is 20.6 Å². The third-order valence-electron chi connectivity index (χ3n) is 1.74. The molecule has 0 bridgehead atoms. The van der Waals surface area contributed by atoms with Crippen molar-refractivity contribution in [2.75, 3.05) is 19.8 Å². The van der Waals surface area contributed by atoms with Crippen molar-refractivity contribution in [1.29, 1.82) is 0 Å². The number of aliphatic hydroxyl groups is 3. The molecule has 0 fully saturated rings. The molecule has 0 heterocycles. The van der Waals surface area contributed by atoms with E-state index in [9.17, 15) is 4.79 Å². The zero-order valence-electron chi connectivity index (χ0n) is 7.87. The van der Waals surface area contributed by atoms with Crippen molar-refractivity contribution in [2.45, 2.75) is 19.4 Å². The van der Waals surface area contributed by atoms with Crippen LogP contribution in [0.5, 0.6) is 0 Å². The fraction of sp³-hybridized carbons (Fsp3) is 0.750. The Labute approximate surface area is 77.4 Å². The minimum atomic E-state index is -1.33. The fourth-order valence-electron chi connectivity index (χ4n) is 0.634. The number of aliphatic hydroxyl groups excluding tert-OH is 3. The van der Waals surface area contributed by atoms with Crippen molar-refractivity contribution in [3.8, 4) is 0 Å². The Bertz CT molecular complexity index is 157. The van der Waals surface area contributed by atoms with E-state index >= 15 is 0 Å². The second-order valence-electron chi connectivity index (χ2n) is 3.21. The Hall–Kier alpha value is -0.780. The predicted molar refractivity (Wildman–Crippen MR) is 46.7 cm³/mol. The van der Waals surface area contributed by atoms with Crippen LogP contribution in [0, 0.1) is 5.92 Å². The lowest BCUT2D eigenvalue weighted by Gasteiger charge is -2.26. The smallest absolute Gasteiger partial charge is 0.394 e. The molecule has 0 aromatic rings. The molecule has 0 aliphatic heterocycles. The number of nitrogens with one attached hydrogen (secondary N) is 1. The lowest BCUT2D eigenvalue weighted by Crippen LogP contribution is -2.57. The summed E-state index contributed by atoms with van der Waals surface area (Å²) in [6, 6.07) is 0. The third kappa shape index (κ3) is 3.22. The quantitative estimate of drug-likeness (QED) is 0.394. The van der Waals surface area contributed by atoms with E-state index in [1.807, 2.05) is 0 Å². The summed E-state index contributed by atoms with van der Waals surface area (Å²) in [5.74, 6) is 0.108. The van der Waals surface area contributed by atoms with Crippen LogP contribution in [-0.2, 0) is 4.79 Å². The molecule has 0 aromatic heterocycles. The Kier molecular flexibility index (Phi) is 4.76. The summed E-state index contributed by atoms with van der Waals surface area (Å²) in [6.45, 7) is 1.70. The maximum absolute atomic E-state index is 11.2. The van der Waals surface area contributed by atoms with Crippen molar-refractivity contribution >= 4 is 5.91 Å². The van der Waals surface area contributed by atoms with E-state index in [0.717, 1.165) is 0 Å². The zero-order valence-corrected chi connectivity index (χ0v) is 7.87. The maximum atomic E-state index is 11.2. The van der Waals surface area contributed by atoms with Crippen molar-refractivity contribution in [3.63, 3.8) is 0 Å². The molecule has 0 spiro atoms. The van der Waals surface area contributed by atoms with E-state index in [4.69, 9.17) is 15.3 Å². The Morgan fingerprint density at radius 1 is 1.23 bits per heavy atom. The molecule has 5 nitrogen and oxygen atoms in total. The van der Waals surface area contributed by atoms with Crippen LogP contribution in [0.1, 0.15) is 13.8 Å². The second kappa shape index (κ2) is 5.06. The first-order chi connectivity index (χ1) is 6.01. The standard InChI is InChI=1S/C8H15NO4/c1-6(2)7(13)9-8(3-10,4-11)5-12/h10-12H,3-5H2,1-2H3/p+1. The van der Waals surface area contributed by atoms with Crippen LogP contribution in [0.15, 0.2) is 0 Å². The van der Waals surface area contributed by atoms with Gasteiger partial charge in [-0.1, -0.05) is 0 Å². The minimum absolute atomic E-state index is 0.392. The Morgan fingerprint density at radius 2 is 1.62 bits per heavy atom. The van der Waals surface area contributed by atoms with E-state index in [0.29, 0.717) is 5.92 Å². The van der Waals surface area contributed by atoms with Crippen LogP contribution in [0.2, 0.25) is 0 Å². The maximum Gasteiger partial charge on any atom is 0.404 e. The molecule has 0 aliphatic rings. The summed E-state index contributed by atoms with van der Waals surface area (Å²) >= 11 is 0. The van der Waals surface area contributed by atoms with Gasteiger partial charge in [-0.05, 0) is 0 Å². The molecule has 1 amide bonds. The second-order valence-corrected chi connectivity index (χ2v) is 3.21. The van der Waals surface area contributed by atoms with Gasteiger partial charge in [0, 0.05) is 0 Å². The van der Waals surface area contributed by atoms with Gasteiger partial charge >= 0.3 is 5.91 Å². The van der Waals surface area contributed by atoms with Gasteiger partial charge in [0.1, 0.15) is 5.54 Å². The number of rotatable bonds is 5. The van der Waals surface area contributed by atoms with Crippen molar-refractivity contribution in [3.05, 3.63) is 5.92 Å². The van der Waals surface area contributed by atoms with Crippen LogP contribution < -0.4 is 5.32 Å². The minimum Gasteiger partial charge on any atom is -0.394 e. The summed E-state index contributed by atoms with van der Waals surface area (Å²) in [6.07, 6.45) is 0. The van der Waals surface area contributed by atoms with Crippen molar-refractivity contribution in [2.24, 2.45) is 0 Å². The number of carbonyl (C=O) groups is 1. The van der Waals surface area contributed by atoms with Gasteiger partial charge in [0.2, 0.25) is 0 Å².